The van der Waals surface area contributed by atoms with Gasteiger partial charge in [-0.15, -0.1) is 0 Å². The highest BCUT2D eigenvalue weighted by molar-refractivity contribution is 14.1. The molecule has 40 heavy (non-hydrogen) atoms. The van der Waals surface area contributed by atoms with E-state index in [1.807, 2.05) is 25.1 Å². The van der Waals surface area contributed by atoms with Crippen LogP contribution in [0.25, 0.3) is 0 Å². The lowest BCUT2D eigenvalue weighted by Gasteiger charge is -2.27. The van der Waals surface area contributed by atoms with Crippen LogP contribution in [0.4, 0.5) is 5.69 Å². The molecule has 9 nitrogen and oxygen atoms in total. The zero-order valence-corrected chi connectivity index (χ0v) is 23.6. The van der Waals surface area contributed by atoms with Crippen molar-refractivity contribution in [3.8, 4) is 11.5 Å². The average Bonchev–Trinajstić information content (AvgIpc) is 2.97. The van der Waals surface area contributed by atoms with Crippen LogP contribution in [0.2, 0.25) is 0 Å². The number of nitro benzene ring substituents is 1. The standard InChI is InChI=1S/C30H26IN3O6/c1-2-39-27-18-22(17-26(31)28(27)40-20-21-13-15-25(16-14-21)34(37)38)19-32-33-29(35)30(36,23-9-5-3-6-10-23)24-11-7-4-8-12-24/h3-19,36H,2,20H2,1H3,(H,33,35)/b32-19+. The summed E-state index contributed by atoms with van der Waals surface area (Å²) < 4.78 is 12.5. The number of carbonyl (C=O) groups excluding carboxylic acids is 1. The van der Waals surface area contributed by atoms with Crippen LogP contribution in [0.15, 0.2) is 102 Å². The Kier molecular flexibility index (Phi) is 9.46. The average molecular weight is 651 g/mol. The van der Waals surface area contributed by atoms with E-state index in [0.29, 0.717) is 34.8 Å². The van der Waals surface area contributed by atoms with Gasteiger partial charge in [0.05, 0.1) is 21.3 Å². The van der Waals surface area contributed by atoms with Gasteiger partial charge in [0.2, 0.25) is 0 Å². The minimum Gasteiger partial charge on any atom is -0.490 e. The van der Waals surface area contributed by atoms with E-state index in [9.17, 15) is 20.0 Å². The van der Waals surface area contributed by atoms with E-state index in [1.54, 1.807) is 66.7 Å². The summed E-state index contributed by atoms with van der Waals surface area (Å²) in [6.07, 6.45) is 1.46. The molecular weight excluding hydrogens is 625 g/mol. The van der Waals surface area contributed by atoms with E-state index < -0.39 is 16.4 Å². The molecule has 0 atom stereocenters. The molecule has 0 aromatic heterocycles. The summed E-state index contributed by atoms with van der Waals surface area (Å²) in [6, 6.07) is 27.0. The highest BCUT2D eigenvalue weighted by Crippen LogP contribution is 2.35. The summed E-state index contributed by atoms with van der Waals surface area (Å²) in [7, 11) is 0. The minimum absolute atomic E-state index is 0.00930. The molecule has 0 heterocycles. The van der Waals surface area contributed by atoms with Crippen molar-refractivity contribution in [2.75, 3.05) is 6.61 Å². The first-order valence-electron chi connectivity index (χ1n) is 12.3. The van der Waals surface area contributed by atoms with Crippen molar-refractivity contribution in [1.29, 1.82) is 0 Å². The zero-order chi connectivity index (χ0) is 28.5. The Hall–Kier alpha value is -4.29. The van der Waals surface area contributed by atoms with Crippen LogP contribution in [0.1, 0.15) is 29.2 Å². The van der Waals surface area contributed by atoms with Crippen LogP contribution >= 0.6 is 22.6 Å². The molecule has 0 unspecified atom stereocenters. The maximum atomic E-state index is 13.3. The number of nitrogens with one attached hydrogen (secondary N) is 1. The number of hydrogen-bond donors (Lipinski definition) is 2. The fraction of sp³-hybridized carbons (Fsp3) is 0.133. The zero-order valence-electron chi connectivity index (χ0n) is 21.5. The molecule has 4 aromatic rings. The fourth-order valence-corrected chi connectivity index (χ4v) is 4.75. The Morgan fingerprint density at radius 2 is 1.60 bits per heavy atom. The van der Waals surface area contributed by atoms with E-state index in [-0.39, 0.29) is 12.3 Å². The van der Waals surface area contributed by atoms with Crippen LogP contribution < -0.4 is 14.9 Å². The Morgan fingerprint density at radius 1 is 1.00 bits per heavy atom. The lowest BCUT2D eigenvalue weighted by atomic mass is 9.85. The summed E-state index contributed by atoms with van der Waals surface area (Å²) in [5, 5.41) is 26.5. The van der Waals surface area contributed by atoms with Gasteiger partial charge in [0.25, 0.3) is 11.6 Å². The molecule has 1 amide bonds. The van der Waals surface area contributed by atoms with Crippen LogP contribution in [0, 0.1) is 13.7 Å². The third kappa shape index (κ3) is 6.64. The first-order chi connectivity index (χ1) is 19.3. The van der Waals surface area contributed by atoms with Gasteiger partial charge in [-0.05, 0) is 76.0 Å². The first-order valence-corrected chi connectivity index (χ1v) is 13.4. The van der Waals surface area contributed by atoms with Crippen molar-refractivity contribution < 1.29 is 24.3 Å². The normalized spacial score (nSPS) is 11.3. The number of halogens is 1. The lowest BCUT2D eigenvalue weighted by molar-refractivity contribution is -0.384. The molecule has 0 aliphatic heterocycles. The van der Waals surface area contributed by atoms with Crippen molar-refractivity contribution in [2.24, 2.45) is 5.10 Å². The molecule has 0 aliphatic rings. The molecular formula is C30H26IN3O6. The number of hydrazone groups is 1. The van der Waals surface area contributed by atoms with E-state index >= 15 is 0 Å². The number of nitrogens with zero attached hydrogens (tertiary/aromatic N) is 2. The highest BCUT2D eigenvalue weighted by Gasteiger charge is 2.39. The second-order valence-electron chi connectivity index (χ2n) is 8.62. The van der Waals surface area contributed by atoms with E-state index in [4.69, 9.17) is 9.47 Å². The summed E-state index contributed by atoms with van der Waals surface area (Å²) in [6.45, 7) is 2.43. The second-order valence-corrected chi connectivity index (χ2v) is 9.78. The molecule has 0 radical (unpaired) electrons. The molecule has 0 fully saturated rings. The monoisotopic (exact) mass is 651 g/mol. The number of rotatable bonds is 11. The number of benzene rings is 4. The van der Waals surface area contributed by atoms with Crippen molar-refractivity contribution >= 4 is 40.4 Å². The second kappa shape index (κ2) is 13.2. The van der Waals surface area contributed by atoms with Gasteiger partial charge >= 0.3 is 0 Å². The molecule has 10 heteroatoms. The molecule has 4 rings (SSSR count). The molecule has 0 saturated carbocycles. The Morgan fingerprint density at radius 3 is 2.15 bits per heavy atom. The lowest BCUT2D eigenvalue weighted by Crippen LogP contribution is -2.43. The Balaban J connectivity index is 1.52. The van der Waals surface area contributed by atoms with Gasteiger partial charge in [-0.3, -0.25) is 14.9 Å². The van der Waals surface area contributed by atoms with E-state index in [0.717, 1.165) is 9.13 Å². The van der Waals surface area contributed by atoms with E-state index in [1.165, 1.54) is 18.3 Å². The van der Waals surface area contributed by atoms with Gasteiger partial charge in [0, 0.05) is 12.1 Å². The summed E-state index contributed by atoms with van der Waals surface area (Å²) in [5.41, 5.74) is 2.77. The summed E-state index contributed by atoms with van der Waals surface area (Å²) in [4.78, 5) is 23.7. The number of nitro groups is 1. The number of hydrogen-bond acceptors (Lipinski definition) is 7. The molecule has 0 spiro atoms. The number of ether oxygens (including phenoxy) is 2. The molecule has 0 aliphatic carbocycles. The summed E-state index contributed by atoms with van der Waals surface area (Å²) in [5.74, 6) is 0.294. The molecule has 0 bridgehead atoms. The smallest absolute Gasteiger partial charge is 0.281 e. The third-order valence-electron chi connectivity index (χ3n) is 5.95. The van der Waals surface area contributed by atoms with Crippen molar-refractivity contribution in [1.82, 2.24) is 5.43 Å². The maximum absolute atomic E-state index is 13.3. The summed E-state index contributed by atoms with van der Waals surface area (Å²) >= 11 is 2.12. The van der Waals surface area contributed by atoms with Gasteiger partial charge in [-0.2, -0.15) is 5.10 Å². The minimum atomic E-state index is -1.94. The SMILES string of the molecule is CCOc1cc(/C=N/NC(=O)C(O)(c2ccccc2)c2ccccc2)cc(I)c1OCc1ccc([N+](=O)[O-])cc1. The molecule has 204 valence electrons. The largest absolute Gasteiger partial charge is 0.490 e. The third-order valence-corrected chi connectivity index (χ3v) is 6.75. The van der Waals surface area contributed by atoms with Crippen LogP contribution in [0.3, 0.4) is 0 Å². The fourth-order valence-electron chi connectivity index (χ4n) is 3.97. The number of aliphatic hydroxyl groups is 1. The van der Waals surface area contributed by atoms with Gasteiger partial charge in [-0.25, -0.2) is 5.43 Å². The predicted molar refractivity (Wildman–Crippen MR) is 159 cm³/mol. The van der Waals surface area contributed by atoms with Crippen molar-refractivity contribution in [3.63, 3.8) is 0 Å². The van der Waals surface area contributed by atoms with E-state index in [2.05, 4.69) is 33.1 Å². The van der Waals surface area contributed by atoms with Gasteiger partial charge in [-0.1, -0.05) is 60.7 Å². The predicted octanol–water partition coefficient (Wildman–Crippen LogP) is 5.56. The van der Waals surface area contributed by atoms with Crippen LogP contribution in [-0.4, -0.2) is 28.8 Å². The highest BCUT2D eigenvalue weighted by atomic mass is 127. The number of amides is 1. The van der Waals surface area contributed by atoms with Crippen LogP contribution in [0.5, 0.6) is 11.5 Å². The van der Waals surface area contributed by atoms with Crippen LogP contribution in [-0.2, 0) is 17.0 Å². The topological polar surface area (TPSA) is 123 Å². The van der Waals surface area contributed by atoms with Gasteiger partial charge < -0.3 is 14.6 Å². The van der Waals surface area contributed by atoms with Gasteiger partial charge in [0.1, 0.15) is 6.61 Å². The Labute approximate surface area is 244 Å². The van der Waals surface area contributed by atoms with Crippen molar-refractivity contribution in [2.45, 2.75) is 19.1 Å². The van der Waals surface area contributed by atoms with Crippen molar-refractivity contribution in [3.05, 3.63) is 133 Å². The quantitative estimate of drug-likeness (QED) is 0.0948. The first kappa shape index (κ1) is 28.7. The molecule has 0 saturated heterocycles. The molecule has 4 aromatic carbocycles. The maximum Gasteiger partial charge on any atom is 0.281 e. The number of non-ortho nitro benzene ring substituents is 1. The Bertz CT molecular complexity index is 1460. The number of carbonyl (C=O) groups is 1. The molecule has 2 N–H and O–H groups in total. The van der Waals surface area contributed by atoms with Gasteiger partial charge in [0.15, 0.2) is 17.1 Å².